The largest absolute Gasteiger partial charge is 0.330 e. The summed E-state index contributed by atoms with van der Waals surface area (Å²) in [4.78, 5) is 0. The monoisotopic (exact) mass is 258 g/mol. The van der Waals surface area contributed by atoms with Crippen LogP contribution in [0.25, 0.3) is 0 Å². The van der Waals surface area contributed by atoms with Gasteiger partial charge in [0.25, 0.3) is 0 Å². The molecule has 0 amide bonds. The molecule has 1 fully saturated rings. The minimum absolute atomic E-state index is 0.0549. The fourth-order valence-corrected chi connectivity index (χ4v) is 3.26. The number of hydrogen-bond acceptors (Lipinski definition) is 2. The minimum Gasteiger partial charge on any atom is -0.330 e. The molecule has 1 aromatic rings. The highest BCUT2D eigenvalue weighted by molar-refractivity contribution is 6.36. The lowest BCUT2D eigenvalue weighted by Gasteiger charge is -2.38. The Bertz CT molecular complexity index is 353. The molecule has 0 unspecified atom stereocenters. The summed E-state index contributed by atoms with van der Waals surface area (Å²) < 4.78 is 0. The summed E-state index contributed by atoms with van der Waals surface area (Å²) in [5.74, 6) is 0. The molecule has 1 heterocycles. The van der Waals surface area contributed by atoms with Gasteiger partial charge in [-0.2, -0.15) is 0 Å². The summed E-state index contributed by atoms with van der Waals surface area (Å²) >= 11 is 12.5. The zero-order valence-corrected chi connectivity index (χ0v) is 10.6. The summed E-state index contributed by atoms with van der Waals surface area (Å²) in [6, 6.07) is 5.66. The topological polar surface area (TPSA) is 38.0 Å². The number of nitrogens with two attached hydrogens (primary N) is 1. The number of benzene rings is 1. The Hall–Kier alpha value is -0.280. The highest BCUT2D eigenvalue weighted by Gasteiger charge is 2.35. The second-order valence-corrected chi connectivity index (χ2v) is 5.15. The first kappa shape index (κ1) is 12.2. The predicted molar refractivity (Wildman–Crippen MR) is 69.3 cm³/mol. The summed E-state index contributed by atoms with van der Waals surface area (Å²) in [6.07, 6.45) is 1.99. The van der Waals surface area contributed by atoms with Gasteiger partial charge in [-0.05, 0) is 43.6 Å². The standard InChI is InChI=1S/C12H16Cl2N2/c13-9-2-1-3-10(14)11(9)12(8-15)4-6-16-7-5-12/h1-3,16H,4-8,15H2. The van der Waals surface area contributed by atoms with Crippen LogP contribution in [0.2, 0.25) is 10.0 Å². The SMILES string of the molecule is NCC1(c2c(Cl)cccc2Cl)CCNCC1. The molecular formula is C12H16Cl2N2. The fraction of sp³-hybridized carbons (Fsp3) is 0.500. The van der Waals surface area contributed by atoms with Crippen LogP contribution < -0.4 is 11.1 Å². The highest BCUT2D eigenvalue weighted by atomic mass is 35.5. The van der Waals surface area contributed by atoms with E-state index in [4.69, 9.17) is 28.9 Å². The zero-order valence-electron chi connectivity index (χ0n) is 9.10. The maximum absolute atomic E-state index is 6.27. The molecule has 2 nitrogen and oxygen atoms in total. The van der Waals surface area contributed by atoms with Gasteiger partial charge in [0.2, 0.25) is 0 Å². The molecule has 1 aromatic carbocycles. The molecule has 2 rings (SSSR count). The van der Waals surface area contributed by atoms with Gasteiger partial charge in [0.1, 0.15) is 0 Å². The Morgan fingerprint density at radius 3 is 2.25 bits per heavy atom. The Balaban J connectivity index is 2.46. The number of halogens is 2. The highest BCUT2D eigenvalue weighted by Crippen LogP contribution is 2.40. The summed E-state index contributed by atoms with van der Waals surface area (Å²) in [6.45, 7) is 2.54. The molecule has 4 heteroatoms. The van der Waals surface area contributed by atoms with Gasteiger partial charge in [-0.3, -0.25) is 0 Å². The van der Waals surface area contributed by atoms with Gasteiger partial charge in [-0.15, -0.1) is 0 Å². The van der Waals surface area contributed by atoms with E-state index in [-0.39, 0.29) is 5.41 Å². The van der Waals surface area contributed by atoms with Crippen molar-refractivity contribution in [1.29, 1.82) is 0 Å². The minimum atomic E-state index is -0.0549. The van der Waals surface area contributed by atoms with Gasteiger partial charge in [0.15, 0.2) is 0 Å². The summed E-state index contributed by atoms with van der Waals surface area (Å²) in [5.41, 5.74) is 6.94. The van der Waals surface area contributed by atoms with Crippen molar-refractivity contribution in [2.45, 2.75) is 18.3 Å². The van der Waals surface area contributed by atoms with Gasteiger partial charge in [-0.25, -0.2) is 0 Å². The Labute approximate surface area is 106 Å². The van der Waals surface area contributed by atoms with Crippen molar-refractivity contribution in [2.24, 2.45) is 5.73 Å². The van der Waals surface area contributed by atoms with Crippen LogP contribution in [0.3, 0.4) is 0 Å². The van der Waals surface area contributed by atoms with Crippen LogP contribution in [-0.2, 0) is 5.41 Å². The maximum Gasteiger partial charge on any atom is 0.0459 e. The third kappa shape index (κ3) is 2.07. The van der Waals surface area contributed by atoms with Gasteiger partial charge < -0.3 is 11.1 Å². The van der Waals surface area contributed by atoms with Crippen LogP contribution in [0.1, 0.15) is 18.4 Å². The Morgan fingerprint density at radius 2 is 1.75 bits per heavy atom. The Kier molecular flexibility index (Phi) is 3.75. The molecule has 0 radical (unpaired) electrons. The number of piperidine rings is 1. The van der Waals surface area contributed by atoms with Crippen molar-refractivity contribution >= 4 is 23.2 Å². The molecule has 0 atom stereocenters. The lowest BCUT2D eigenvalue weighted by molar-refractivity contribution is 0.316. The lowest BCUT2D eigenvalue weighted by Crippen LogP contribution is -2.45. The molecular weight excluding hydrogens is 243 g/mol. The van der Waals surface area contributed by atoms with Crippen molar-refractivity contribution in [3.8, 4) is 0 Å². The third-order valence-electron chi connectivity index (χ3n) is 3.44. The van der Waals surface area contributed by atoms with E-state index < -0.39 is 0 Å². The molecule has 88 valence electrons. The first-order chi connectivity index (χ1) is 7.69. The van der Waals surface area contributed by atoms with Crippen LogP contribution >= 0.6 is 23.2 Å². The predicted octanol–water partition coefficient (Wildman–Crippen LogP) is 2.57. The van der Waals surface area contributed by atoms with Crippen molar-refractivity contribution in [3.05, 3.63) is 33.8 Å². The van der Waals surface area contributed by atoms with Crippen molar-refractivity contribution in [1.82, 2.24) is 5.32 Å². The quantitative estimate of drug-likeness (QED) is 0.856. The van der Waals surface area contributed by atoms with Gasteiger partial charge in [0.05, 0.1) is 0 Å². The first-order valence-corrected chi connectivity index (χ1v) is 6.30. The molecule has 1 aliphatic heterocycles. The van der Waals surface area contributed by atoms with Crippen LogP contribution in [0.5, 0.6) is 0 Å². The van der Waals surface area contributed by atoms with E-state index in [0.717, 1.165) is 41.5 Å². The smallest absolute Gasteiger partial charge is 0.0459 e. The Morgan fingerprint density at radius 1 is 1.19 bits per heavy atom. The third-order valence-corrected chi connectivity index (χ3v) is 4.07. The van der Waals surface area contributed by atoms with E-state index in [9.17, 15) is 0 Å². The number of hydrogen-bond donors (Lipinski definition) is 2. The normalized spacial score (nSPS) is 19.7. The molecule has 0 bridgehead atoms. The molecule has 0 aliphatic carbocycles. The molecule has 1 saturated heterocycles. The van der Waals surface area contributed by atoms with Gasteiger partial charge in [-0.1, -0.05) is 29.3 Å². The van der Waals surface area contributed by atoms with Crippen LogP contribution in [0.15, 0.2) is 18.2 Å². The van der Waals surface area contributed by atoms with E-state index in [0.29, 0.717) is 6.54 Å². The van der Waals surface area contributed by atoms with Crippen LogP contribution in [0, 0.1) is 0 Å². The second-order valence-electron chi connectivity index (χ2n) is 4.33. The molecule has 3 N–H and O–H groups in total. The van der Waals surface area contributed by atoms with E-state index in [1.165, 1.54) is 0 Å². The average Bonchev–Trinajstić information content (AvgIpc) is 2.30. The maximum atomic E-state index is 6.27. The number of nitrogens with one attached hydrogen (secondary N) is 1. The van der Waals surface area contributed by atoms with E-state index in [1.807, 2.05) is 18.2 Å². The van der Waals surface area contributed by atoms with E-state index in [2.05, 4.69) is 5.32 Å². The molecule has 1 aliphatic rings. The van der Waals surface area contributed by atoms with Crippen molar-refractivity contribution in [2.75, 3.05) is 19.6 Å². The molecule has 0 spiro atoms. The fourth-order valence-electron chi connectivity index (χ4n) is 2.47. The van der Waals surface area contributed by atoms with E-state index in [1.54, 1.807) is 0 Å². The molecule has 16 heavy (non-hydrogen) atoms. The van der Waals surface area contributed by atoms with Crippen molar-refractivity contribution in [3.63, 3.8) is 0 Å². The first-order valence-electron chi connectivity index (χ1n) is 5.55. The van der Waals surface area contributed by atoms with Crippen LogP contribution in [-0.4, -0.2) is 19.6 Å². The lowest BCUT2D eigenvalue weighted by atomic mass is 9.73. The van der Waals surface area contributed by atoms with E-state index >= 15 is 0 Å². The average molecular weight is 259 g/mol. The number of rotatable bonds is 2. The zero-order chi connectivity index (χ0) is 11.6. The van der Waals surface area contributed by atoms with Crippen molar-refractivity contribution < 1.29 is 0 Å². The van der Waals surface area contributed by atoms with Crippen LogP contribution in [0.4, 0.5) is 0 Å². The van der Waals surface area contributed by atoms with Gasteiger partial charge >= 0.3 is 0 Å². The summed E-state index contributed by atoms with van der Waals surface area (Å²) in [7, 11) is 0. The van der Waals surface area contributed by atoms with Gasteiger partial charge in [0, 0.05) is 22.0 Å². The summed E-state index contributed by atoms with van der Waals surface area (Å²) in [5, 5.41) is 4.81. The molecule has 0 aromatic heterocycles. The second kappa shape index (κ2) is 4.92. The molecule has 0 saturated carbocycles.